The lowest BCUT2D eigenvalue weighted by Gasteiger charge is -2.62. The van der Waals surface area contributed by atoms with Gasteiger partial charge in [0.15, 0.2) is 8.46 Å². The Morgan fingerprint density at radius 3 is 2.45 bits per heavy atom. The third-order valence-corrected chi connectivity index (χ3v) is 11.8. The summed E-state index contributed by atoms with van der Waals surface area (Å²) in [6.07, 6.45) is 15.0. The fraction of sp³-hybridized carbons (Fsp3) is 1.00. The first-order valence-corrected chi connectivity index (χ1v) is 13.9. The van der Waals surface area contributed by atoms with Crippen LogP contribution in [0.15, 0.2) is 0 Å². The van der Waals surface area contributed by atoms with Crippen molar-refractivity contribution >= 4 is 17.9 Å². The standard InChI is InChI=1S/C25H44O2P2/c1-5-6-7-16(2)19-8-9-20-18-15-23(27-28)22-14-17(29-26)10-12-25(22,4)21(18)11-13-24(19,20)3/h16-23H,5-15,28H2,1-4H3/t16-,17+,18?,19?,20?,21?,22-,23-,24+,25+/m0/s1. The van der Waals surface area contributed by atoms with E-state index in [0.29, 0.717) is 37.0 Å². The second kappa shape index (κ2) is 8.79. The molecule has 0 aromatic rings. The average Bonchev–Trinajstić information content (AvgIpc) is 3.08. The molecule has 2 nitrogen and oxygen atoms in total. The molecule has 11 atom stereocenters. The van der Waals surface area contributed by atoms with Crippen LogP contribution in [0.25, 0.3) is 0 Å². The van der Waals surface area contributed by atoms with Gasteiger partial charge in [-0.05, 0) is 97.7 Å². The second-order valence-corrected chi connectivity index (χ2v) is 13.0. The summed E-state index contributed by atoms with van der Waals surface area (Å²) in [7, 11) is 2.96. The highest BCUT2D eigenvalue weighted by Crippen LogP contribution is 2.69. The molecule has 166 valence electrons. The summed E-state index contributed by atoms with van der Waals surface area (Å²) >= 11 is 0. The Kier molecular flexibility index (Phi) is 6.87. The normalized spacial score (nSPS) is 50.6. The van der Waals surface area contributed by atoms with Gasteiger partial charge < -0.3 is 4.52 Å². The van der Waals surface area contributed by atoms with Crippen molar-refractivity contribution in [3.05, 3.63) is 0 Å². The molecule has 0 N–H and O–H groups in total. The summed E-state index contributed by atoms with van der Waals surface area (Å²) in [6, 6.07) is 0. The van der Waals surface area contributed by atoms with Crippen LogP contribution in [0.2, 0.25) is 0 Å². The van der Waals surface area contributed by atoms with Gasteiger partial charge in [-0.1, -0.05) is 47.0 Å². The smallest absolute Gasteiger partial charge is 0.158 e. The van der Waals surface area contributed by atoms with Gasteiger partial charge in [0.05, 0.1) is 6.10 Å². The SMILES string of the molecule is CCCC[C@H](C)C1CCC2C3C[C@H](OP)[C@@H]4C[C@H](P=O)CC[C@]4(C)C3CC[C@@]21C. The summed E-state index contributed by atoms with van der Waals surface area (Å²) in [5, 5.41) is 0. The molecule has 0 aliphatic heterocycles. The van der Waals surface area contributed by atoms with Gasteiger partial charge in [-0.3, -0.25) is 4.57 Å². The maximum atomic E-state index is 11.6. The molecule has 4 saturated carbocycles. The molecule has 0 aromatic heterocycles. The van der Waals surface area contributed by atoms with Crippen molar-refractivity contribution in [2.45, 2.75) is 110 Å². The van der Waals surface area contributed by atoms with E-state index in [1.807, 2.05) is 0 Å². The number of fused-ring (bicyclic) bond motifs is 5. The summed E-state index contributed by atoms with van der Waals surface area (Å²) in [5.74, 6) is 4.99. The minimum absolute atomic E-state index is 0.342. The molecule has 0 amide bonds. The van der Waals surface area contributed by atoms with Crippen molar-refractivity contribution < 1.29 is 9.09 Å². The lowest BCUT2D eigenvalue weighted by atomic mass is 9.44. The quantitative estimate of drug-likeness (QED) is 0.394. The van der Waals surface area contributed by atoms with Crippen LogP contribution >= 0.6 is 17.9 Å². The first kappa shape index (κ1) is 22.7. The largest absolute Gasteiger partial charge is 0.362 e. The summed E-state index contributed by atoms with van der Waals surface area (Å²) in [4.78, 5) is 0. The molecule has 0 radical (unpaired) electrons. The van der Waals surface area contributed by atoms with E-state index in [9.17, 15) is 4.57 Å². The molecule has 0 heterocycles. The van der Waals surface area contributed by atoms with Gasteiger partial charge >= 0.3 is 0 Å². The van der Waals surface area contributed by atoms with Gasteiger partial charge in [0.1, 0.15) is 0 Å². The van der Waals surface area contributed by atoms with E-state index in [1.165, 1.54) is 57.8 Å². The van der Waals surface area contributed by atoms with E-state index < -0.39 is 0 Å². The Hall–Kier alpha value is 0.490. The molecule has 0 bridgehead atoms. The van der Waals surface area contributed by atoms with Gasteiger partial charge in [0, 0.05) is 15.1 Å². The maximum absolute atomic E-state index is 11.6. The van der Waals surface area contributed by atoms with E-state index in [1.54, 1.807) is 0 Å². The van der Waals surface area contributed by atoms with Crippen LogP contribution < -0.4 is 0 Å². The molecule has 4 aliphatic rings. The molecule has 4 fully saturated rings. The van der Waals surface area contributed by atoms with E-state index in [0.717, 1.165) is 42.4 Å². The molecular weight excluding hydrogens is 394 g/mol. The zero-order chi connectivity index (χ0) is 20.8. The van der Waals surface area contributed by atoms with Crippen molar-refractivity contribution in [2.24, 2.45) is 46.3 Å². The topological polar surface area (TPSA) is 26.3 Å². The van der Waals surface area contributed by atoms with Gasteiger partial charge in [-0.15, -0.1) is 0 Å². The van der Waals surface area contributed by atoms with Gasteiger partial charge in [0.25, 0.3) is 0 Å². The molecule has 5 unspecified atom stereocenters. The molecular formula is C25H44O2P2. The zero-order valence-corrected chi connectivity index (χ0v) is 21.3. The Bertz CT molecular complexity index is 597. The van der Waals surface area contributed by atoms with Gasteiger partial charge in [-0.25, -0.2) is 0 Å². The molecule has 4 aliphatic carbocycles. The highest BCUT2D eigenvalue weighted by molar-refractivity contribution is 7.24. The average molecular weight is 439 g/mol. The van der Waals surface area contributed by atoms with Crippen LogP contribution in [0.1, 0.15) is 98.3 Å². The lowest BCUT2D eigenvalue weighted by molar-refractivity contribution is -0.149. The van der Waals surface area contributed by atoms with Gasteiger partial charge in [-0.2, -0.15) is 0 Å². The van der Waals surface area contributed by atoms with E-state index in [-0.39, 0.29) is 0 Å². The predicted molar refractivity (Wildman–Crippen MR) is 125 cm³/mol. The summed E-state index contributed by atoms with van der Waals surface area (Å²) in [6.45, 7) is 10.1. The van der Waals surface area contributed by atoms with E-state index in [2.05, 4.69) is 37.2 Å². The van der Waals surface area contributed by atoms with Crippen LogP contribution in [0.5, 0.6) is 0 Å². The monoisotopic (exact) mass is 438 g/mol. The fourth-order valence-corrected chi connectivity index (χ4v) is 10.0. The van der Waals surface area contributed by atoms with Crippen LogP contribution in [-0.2, 0) is 9.09 Å². The van der Waals surface area contributed by atoms with Crippen molar-refractivity contribution in [1.82, 2.24) is 0 Å². The Morgan fingerprint density at radius 1 is 1.03 bits per heavy atom. The minimum atomic E-state index is 0.342. The third-order valence-electron chi connectivity index (χ3n) is 10.7. The van der Waals surface area contributed by atoms with Crippen LogP contribution in [0.3, 0.4) is 0 Å². The van der Waals surface area contributed by atoms with Crippen molar-refractivity contribution in [3.63, 3.8) is 0 Å². The van der Waals surface area contributed by atoms with Crippen molar-refractivity contribution in [2.75, 3.05) is 0 Å². The minimum Gasteiger partial charge on any atom is -0.362 e. The van der Waals surface area contributed by atoms with Crippen LogP contribution in [0.4, 0.5) is 0 Å². The number of rotatable bonds is 6. The maximum Gasteiger partial charge on any atom is 0.158 e. The summed E-state index contributed by atoms with van der Waals surface area (Å²) in [5.41, 5.74) is 1.29. The van der Waals surface area contributed by atoms with Gasteiger partial charge in [0.2, 0.25) is 0 Å². The zero-order valence-electron chi connectivity index (χ0n) is 19.2. The Labute approximate surface area is 183 Å². The van der Waals surface area contributed by atoms with E-state index in [4.69, 9.17) is 4.52 Å². The Balaban J connectivity index is 1.58. The molecule has 4 rings (SSSR count). The first-order chi connectivity index (χ1) is 13.9. The first-order valence-electron chi connectivity index (χ1n) is 12.6. The predicted octanol–water partition coefficient (Wildman–Crippen LogP) is 7.92. The van der Waals surface area contributed by atoms with Crippen LogP contribution in [-0.4, -0.2) is 11.8 Å². The fourth-order valence-electron chi connectivity index (χ4n) is 9.20. The number of hydrogen-bond acceptors (Lipinski definition) is 2. The summed E-state index contributed by atoms with van der Waals surface area (Å²) < 4.78 is 17.7. The number of hydrogen-bond donors (Lipinski definition) is 0. The molecule has 0 spiro atoms. The van der Waals surface area contributed by atoms with Crippen molar-refractivity contribution in [3.8, 4) is 0 Å². The highest BCUT2D eigenvalue weighted by Gasteiger charge is 2.62. The molecule has 0 aromatic carbocycles. The third kappa shape index (κ3) is 3.70. The lowest BCUT2D eigenvalue weighted by Crippen LogP contribution is -2.58. The number of unbranched alkanes of at least 4 members (excludes halogenated alkanes) is 1. The van der Waals surface area contributed by atoms with E-state index >= 15 is 0 Å². The highest BCUT2D eigenvalue weighted by atomic mass is 31.1. The Morgan fingerprint density at radius 2 is 1.76 bits per heavy atom. The second-order valence-electron chi connectivity index (χ2n) is 11.8. The molecule has 0 saturated heterocycles. The van der Waals surface area contributed by atoms with Crippen molar-refractivity contribution in [1.29, 1.82) is 0 Å². The molecule has 4 heteroatoms. The molecule has 29 heavy (non-hydrogen) atoms. The van der Waals surface area contributed by atoms with Crippen LogP contribution in [0, 0.1) is 46.3 Å².